The van der Waals surface area contributed by atoms with Crippen LogP contribution in [0.2, 0.25) is 0 Å². The molecule has 0 saturated carbocycles. The molecule has 4 rings (SSSR count). The third-order valence-electron chi connectivity index (χ3n) is 6.44. The quantitative estimate of drug-likeness (QED) is 0.101. The maximum absolute atomic E-state index is 5.79. The van der Waals surface area contributed by atoms with E-state index in [-0.39, 0.29) is 0 Å². The zero-order valence-electron chi connectivity index (χ0n) is 23.6. The largest absolute Gasteiger partial charge is 0.494 e. The number of ether oxygens (including phenoxy) is 1. The standard InChI is InChI=1S/C27H33BrIN9OS/c1-34(2)14-15-35(3)18-8-10-21(23(16-18)39-6)36(4)27-32-17-19(28)26(33-27)38(29)22-11-9-20-24(31-13-12-30-20)25(22)37(5)40-7/h8-13,16-17H,14-15H2,1-7H3. The molecule has 2 aromatic heterocycles. The van der Waals surface area contributed by atoms with Gasteiger partial charge in [0.2, 0.25) is 5.95 Å². The smallest absolute Gasteiger partial charge is 0.231 e. The number of rotatable bonds is 11. The van der Waals surface area contributed by atoms with Crippen LogP contribution in [0.1, 0.15) is 0 Å². The van der Waals surface area contributed by atoms with Gasteiger partial charge >= 0.3 is 0 Å². The van der Waals surface area contributed by atoms with Crippen molar-refractivity contribution in [2.75, 3.05) is 78.9 Å². The zero-order chi connectivity index (χ0) is 29.0. The Kier molecular flexibility index (Phi) is 10.1. The molecule has 0 aliphatic carbocycles. The summed E-state index contributed by atoms with van der Waals surface area (Å²) in [6, 6.07) is 10.2. The van der Waals surface area contributed by atoms with Crippen LogP contribution in [0.25, 0.3) is 11.0 Å². The van der Waals surface area contributed by atoms with E-state index in [4.69, 9.17) is 9.72 Å². The van der Waals surface area contributed by atoms with Gasteiger partial charge in [0.05, 0.1) is 57.0 Å². The van der Waals surface area contributed by atoms with Crippen LogP contribution in [0.4, 0.5) is 34.5 Å². The average molecular weight is 738 g/mol. The number of anilines is 6. The predicted molar refractivity (Wildman–Crippen MR) is 180 cm³/mol. The zero-order valence-corrected chi connectivity index (χ0v) is 28.2. The second-order valence-corrected chi connectivity index (χ2v) is 12.0. The van der Waals surface area contributed by atoms with Gasteiger partial charge in [-0.05, 0) is 54.3 Å². The van der Waals surface area contributed by atoms with Crippen molar-refractivity contribution in [1.29, 1.82) is 0 Å². The van der Waals surface area contributed by atoms with E-state index in [0.29, 0.717) is 11.8 Å². The van der Waals surface area contributed by atoms with Crippen LogP contribution in [0, 0.1) is 0 Å². The van der Waals surface area contributed by atoms with Gasteiger partial charge in [-0.2, -0.15) is 4.98 Å². The van der Waals surface area contributed by atoms with Gasteiger partial charge in [-0.25, -0.2) is 4.98 Å². The molecule has 0 spiro atoms. The van der Waals surface area contributed by atoms with Gasteiger partial charge in [0.25, 0.3) is 0 Å². The summed E-state index contributed by atoms with van der Waals surface area (Å²) in [6.07, 6.45) is 7.23. The summed E-state index contributed by atoms with van der Waals surface area (Å²) >= 11 is 7.55. The maximum atomic E-state index is 5.79. The molecule has 0 fully saturated rings. The Balaban J connectivity index is 1.70. The number of aromatic nitrogens is 4. The van der Waals surface area contributed by atoms with E-state index in [1.54, 1.807) is 37.6 Å². The van der Waals surface area contributed by atoms with Crippen molar-refractivity contribution in [2.45, 2.75) is 0 Å². The van der Waals surface area contributed by atoms with E-state index >= 15 is 0 Å². The molecule has 13 heteroatoms. The van der Waals surface area contributed by atoms with Crippen molar-refractivity contribution < 1.29 is 4.74 Å². The number of methoxy groups -OCH3 is 1. The number of likely N-dealkylation sites (N-methyl/N-ethyl adjacent to an activating group) is 2. The summed E-state index contributed by atoms with van der Waals surface area (Å²) in [7, 11) is 11.9. The van der Waals surface area contributed by atoms with Gasteiger partial charge in [-0.3, -0.25) is 13.1 Å². The highest BCUT2D eigenvalue weighted by molar-refractivity contribution is 14.1. The van der Waals surface area contributed by atoms with Crippen LogP contribution in [0.3, 0.4) is 0 Å². The van der Waals surface area contributed by atoms with Gasteiger partial charge in [-0.1, -0.05) is 11.9 Å². The lowest BCUT2D eigenvalue weighted by Crippen LogP contribution is -2.28. The van der Waals surface area contributed by atoms with Crippen molar-refractivity contribution in [3.63, 3.8) is 0 Å². The summed E-state index contributed by atoms with van der Waals surface area (Å²) in [5, 5.41) is 0. The van der Waals surface area contributed by atoms with Gasteiger partial charge < -0.3 is 23.7 Å². The molecule has 0 bridgehead atoms. The first kappa shape index (κ1) is 30.3. The van der Waals surface area contributed by atoms with Crippen LogP contribution >= 0.6 is 50.7 Å². The van der Waals surface area contributed by atoms with E-state index < -0.39 is 0 Å². The molecule has 10 nitrogen and oxygen atoms in total. The molecular formula is C27H33BrIN9OS. The Labute approximate surface area is 262 Å². The molecule has 4 aromatic rings. The molecule has 0 amide bonds. The Morgan fingerprint density at radius 2 is 1.68 bits per heavy atom. The molecule has 0 aliphatic rings. The molecule has 40 heavy (non-hydrogen) atoms. The van der Waals surface area contributed by atoms with Crippen molar-refractivity contribution in [3.05, 3.63) is 53.4 Å². The maximum Gasteiger partial charge on any atom is 0.231 e. The normalized spacial score (nSPS) is 11.2. The molecule has 0 radical (unpaired) electrons. The number of fused-ring (bicyclic) bond motifs is 1. The third-order valence-corrected chi connectivity index (χ3v) is 8.71. The van der Waals surface area contributed by atoms with E-state index in [2.05, 4.69) is 95.1 Å². The van der Waals surface area contributed by atoms with E-state index in [0.717, 1.165) is 57.1 Å². The van der Waals surface area contributed by atoms with E-state index in [9.17, 15) is 0 Å². The minimum Gasteiger partial charge on any atom is -0.494 e. The van der Waals surface area contributed by atoms with Gasteiger partial charge in [0, 0.05) is 70.8 Å². The third kappa shape index (κ3) is 6.47. The van der Waals surface area contributed by atoms with E-state index in [1.165, 1.54) is 0 Å². The summed E-state index contributed by atoms with van der Waals surface area (Å²) in [5.74, 6) is 1.98. The van der Waals surface area contributed by atoms with Crippen LogP contribution in [0.5, 0.6) is 5.75 Å². The fourth-order valence-electron chi connectivity index (χ4n) is 4.10. The number of nitrogens with zero attached hydrogens (tertiary/aromatic N) is 9. The highest BCUT2D eigenvalue weighted by Gasteiger charge is 2.23. The molecule has 0 N–H and O–H groups in total. The monoisotopic (exact) mass is 737 g/mol. The number of hydrogen-bond acceptors (Lipinski definition) is 11. The van der Waals surface area contributed by atoms with Crippen LogP contribution < -0.4 is 22.0 Å². The number of halogens is 2. The first-order chi connectivity index (χ1) is 19.2. The minimum atomic E-state index is 0.534. The molecule has 212 valence electrons. The summed E-state index contributed by atoms with van der Waals surface area (Å²) in [4.78, 5) is 25.0. The Hall–Kier alpha value is -2.62. The molecule has 2 heterocycles. The fraction of sp³-hybridized carbons (Fsp3) is 0.333. The van der Waals surface area contributed by atoms with Crippen LogP contribution in [-0.2, 0) is 0 Å². The van der Waals surface area contributed by atoms with Gasteiger partial charge in [-0.15, -0.1) is 0 Å². The molecule has 0 aliphatic heterocycles. The fourth-order valence-corrected chi connectivity index (χ4v) is 5.92. The molecule has 0 unspecified atom stereocenters. The molecule has 2 aromatic carbocycles. The van der Waals surface area contributed by atoms with Crippen LogP contribution in [-0.4, -0.2) is 86.5 Å². The SMILES string of the molecule is COc1cc(N(C)CCN(C)C)ccc1N(C)c1ncc(Br)c(N(I)c2ccc3nccnc3c2N(C)SC)n1. The Morgan fingerprint density at radius 1 is 0.950 bits per heavy atom. The molecule has 0 atom stereocenters. The van der Waals surface area contributed by atoms with Crippen LogP contribution in [0.15, 0.2) is 53.4 Å². The summed E-state index contributed by atoms with van der Waals surface area (Å²) < 4.78 is 10.7. The first-order valence-electron chi connectivity index (χ1n) is 12.4. The lowest BCUT2D eigenvalue weighted by atomic mass is 10.2. The van der Waals surface area contributed by atoms with Gasteiger partial charge in [0.15, 0.2) is 5.82 Å². The topological polar surface area (TPSA) is 77.0 Å². The predicted octanol–water partition coefficient (Wildman–Crippen LogP) is 6.16. The minimum absolute atomic E-state index is 0.534. The van der Waals surface area contributed by atoms with Crippen molar-refractivity contribution >= 4 is 96.3 Å². The second-order valence-electron chi connectivity index (χ2n) is 9.30. The highest BCUT2D eigenvalue weighted by atomic mass is 127. The average Bonchev–Trinajstić information content (AvgIpc) is 2.97. The van der Waals surface area contributed by atoms with E-state index in [1.807, 2.05) is 52.6 Å². The lowest BCUT2D eigenvalue weighted by Gasteiger charge is -2.27. The van der Waals surface area contributed by atoms with Crippen molar-refractivity contribution in [3.8, 4) is 5.75 Å². The van der Waals surface area contributed by atoms with Crippen molar-refractivity contribution in [2.24, 2.45) is 0 Å². The lowest BCUT2D eigenvalue weighted by molar-refractivity contribution is 0.413. The second kappa shape index (κ2) is 13.4. The molecular weight excluding hydrogens is 705 g/mol. The Morgan fingerprint density at radius 3 is 2.38 bits per heavy atom. The van der Waals surface area contributed by atoms with Gasteiger partial charge in [0.1, 0.15) is 11.3 Å². The Bertz CT molecular complexity index is 1480. The van der Waals surface area contributed by atoms with Crippen molar-refractivity contribution in [1.82, 2.24) is 24.8 Å². The molecule has 0 saturated heterocycles. The summed E-state index contributed by atoms with van der Waals surface area (Å²) in [5.41, 5.74) is 5.48. The first-order valence-corrected chi connectivity index (χ1v) is 15.4. The number of benzene rings is 2. The highest BCUT2D eigenvalue weighted by Crippen LogP contribution is 2.44. The summed E-state index contributed by atoms with van der Waals surface area (Å²) in [6.45, 7) is 1.87. The number of hydrogen-bond donors (Lipinski definition) is 0.